The summed E-state index contributed by atoms with van der Waals surface area (Å²) in [5, 5.41) is 12.6. The maximum absolute atomic E-state index is 8.79. The second kappa shape index (κ2) is 4.18. The number of hydrogen-bond donors (Lipinski definition) is 3. The lowest BCUT2D eigenvalue weighted by molar-refractivity contribution is 0.240. The first-order chi connectivity index (χ1) is 8.71. The van der Waals surface area contributed by atoms with Crippen molar-refractivity contribution in [3.05, 3.63) is 17.8 Å². The predicted octanol–water partition coefficient (Wildman–Crippen LogP) is 0.332. The molecule has 0 saturated heterocycles. The van der Waals surface area contributed by atoms with Gasteiger partial charge in [0, 0.05) is 6.42 Å². The third kappa shape index (κ3) is 1.81. The number of aliphatic hydroxyl groups excluding tert-OH is 1. The molecule has 4 N–H and O–H groups in total. The fourth-order valence-electron chi connectivity index (χ4n) is 2.04. The van der Waals surface area contributed by atoms with E-state index in [0.29, 0.717) is 23.8 Å². The molecule has 0 atom stereocenters. The number of imidazole rings is 1. The Morgan fingerprint density at radius 1 is 1.50 bits per heavy atom. The maximum Gasteiger partial charge on any atom is 0.275 e. The van der Waals surface area contributed by atoms with Crippen LogP contribution in [0.2, 0.25) is 0 Å². The highest BCUT2D eigenvalue weighted by Gasteiger charge is 2.37. The summed E-state index contributed by atoms with van der Waals surface area (Å²) in [6, 6.07) is 0. The average Bonchev–Trinajstić information content (AvgIpc) is 2.94. The van der Waals surface area contributed by atoms with Crippen LogP contribution in [-0.2, 0) is 12.0 Å². The molecule has 1 aliphatic rings. The summed E-state index contributed by atoms with van der Waals surface area (Å²) in [5.41, 5.74) is 6.51. The van der Waals surface area contributed by atoms with Gasteiger partial charge in [-0.2, -0.15) is 4.98 Å². The van der Waals surface area contributed by atoms with Gasteiger partial charge in [-0.05, 0) is 19.3 Å². The minimum Gasteiger partial charge on any atom is -0.396 e. The molecule has 2 heterocycles. The first kappa shape index (κ1) is 11.4. The second-order valence-corrected chi connectivity index (χ2v) is 4.64. The lowest BCUT2D eigenvalue weighted by Crippen LogP contribution is -2.44. The van der Waals surface area contributed by atoms with Gasteiger partial charge in [-0.25, -0.2) is 4.98 Å². The first-order valence-corrected chi connectivity index (χ1v) is 5.99. The summed E-state index contributed by atoms with van der Waals surface area (Å²) in [7, 11) is 0. The Kier molecular flexibility index (Phi) is 2.64. The van der Waals surface area contributed by atoms with Crippen molar-refractivity contribution in [1.82, 2.24) is 20.1 Å². The van der Waals surface area contributed by atoms with Crippen LogP contribution in [0.4, 0.5) is 0 Å². The maximum atomic E-state index is 8.79. The first-order valence-electron chi connectivity index (χ1n) is 5.99. The molecule has 0 aliphatic heterocycles. The molecule has 3 rings (SSSR count). The number of rotatable bonds is 4. The molecule has 96 valence electrons. The molecule has 0 radical (unpaired) electrons. The SMILES string of the molecule is NC1(c2ncc(-c3nc(CCO)no3)[nH]2)CCC1. The van der Waals surface area contributed by atoms with Crippen LogP contribution in [0.25, 0.3) is 11.6 Å². The van der Waals surface area contributed by atoms with Crippen LogP contribution >= 0.6 is 0 Å². The van der Waals surface area contributed by atoms with E-state index >= 15 is 0 Å². The zero-order valence-electron chi connectivity index (χ0n) is 9.89. The lowest BCUT2D eigenvalue weighted by atomic mass is 9.77. The number of aromatic amines is 1. The Bertz CT molecular complexity index is 543. The van der Waals surface area contributed by atoms with Crippen LogP contribution in [-0.4, -0.2) is 31.8 Å². The third-order valence-electron chi connectivity index (χ3n) is 3.33. The molecule has 2 aromatic rings. The predicted molar refractivity (Wildman–Crippen MR) is 62.4 cm³/mol. The van der Waals surface area contributed by atoms with Crippen molar-refractivity contribution >= 4 is 0 Å². The van der Waals surface area contributed by atoms with Gasteiger partial charge >= 0.3 is 0 Å². The van der Waals surface area contributed by atoms with Gasteiger partial charge in [-0.1, -0.05) is 5.16 Å². The monoisotopic (exact) mass is 249 g/mol. The molecule has 0 spiro atoms. The lowest BCUT2D eigenvalue weighted by Gasteiger charge is -2.35. The highest BCUT2D eigenvalue weighted by molar-refractivity contribution is 5.45. The number of aromatic nitrogens is 4. The molecule has 0 bridgehead atoms. The van der Waals surface area contributed by atoms with E-state index in [9.17, 15) is 0 Å². The molecule has 1 saturated carbocycles. The minimum absolute atomic E-state index is 0.000882. The molecule has 0 aromatic carbocycles. The largest absolute Gasteiger partial charge is 0.396 e. The van der Waals surface area contributed by atoms with Crippen molar-refractivity contribution in [2.24, 2.45) is 5.73 Å². The molecule has 2 aromatic heterocycles. The number of H-pyrrole nitrogens is 1. The van der Waals surface area contributed by atoms with Crippen molar-refractivity contribution in [3.8, 4) is 11.6 Å². The topological polar surface area (TPSA) is 114 Å². The van der Waals surface area contributed by atoms with Crippen LogP contribution in [0.15, 0.2) is 10.7 Å². The van der Waals surface area contributed by atoms with Gasteiger partial charge in [-0.15, -0.1) is 0 Å². The van der Waals surface area contributed by atoms with Gasteiger partial charge in [0.2, 0.25) is 0 Å². The van der Waals surface area contributed by atoms with Crippen molar-refractivity contribution in [2.45, 2.75) is 31.2 Å². The number of nitrogens with two attached hydrogens (primary N) is 1. The Morgan fingerprint density at radius 2 is 2.33 bits per heavy atom. The molecule has 0 amide bonds. The number of nitrogens with one attached hydrogen (secondary N) is 1. The fraction of sp³-hybridized carbons (Fsp3) is 0.545. The van der Waals surface area contributed by atoms with E-state index in [1.54, 1.807) is 6.20 Å². The smallest absolute Gasteiger partial charge is 0.275 e. The van der Waals surface area contributed by atoms with E-state index in [2.05, 4.69) is 20.1 Å². The van der Waals surface area contributed by atoms with E-state index in [0.717, 1.165) is 25.1 Å². The Morgan fingerprint density at radius 3 is 3.00 bits per heavy atom. The fourth-order valence-corrected chi connectivity index (χ4v) is 2.04. The highest BCUT2D eigenvalue weighted by Crippen LogP contribution is 2.37. The van der Waals surface area contributed by atoms with Gasteiger partial charge in [0.05, 0.1) is 18.3 Å². The zero-order chi connectivity index (χ0) is 12.6. The summed E-state index contributed by atoms with van der Waals surface area (Å²) < 4.78 is 5.10. The number of nitrogens with zero attached hydrogens (tertiary/aromatic N) is 3. The third-order valence-corrected chi connectivity index (χ3v) is 3.33. The van der Waals surface area contributed by atoms with Crippen LogP contribution < -0.4 is 5.73 Å². The summed E-state index contributed by atoms with van der Waals surface area (Å²) in [6.07, 6.45) is 5.05. The molecule has 1 fully saturated rings. The molecular weight excluding hydrogens is 234 g/mol. The van der Waals surface area contributed by atoms with E-state index in [4.69, 9.17) is 15.4 Å². The van der Waals surface area contributed by atoms with Gasteiger partial charge in [0.25, 0.3) is 5.89 Å². The standard InChI is InChI=1S/C11H15N5O2/c12-11(3-1-4-11)10-13-6-7(14-10)9-15-8(2-5-17)16-18-9/h6,17H,1-5,12H2,(H,13,14). The van der Waals surface area contributed by atoms with Crippen LogP contribution in [0.3, 0.4) is 0 Å². The van der Waals surface area contributed by atoms with Crippen molar-refractivity contribution in [3.63, 3.8) is 0 Å². The molecular formula is C11H15N5O2. The molecule has 18 heavy (non-hydrogen) atoms. The van der Waals surface area contributed by atoms with Gasteiger partial charge in [0.1, 0.15) is 11.5 Å². The summed E-state index contributed by atoms with van der Waals surface area (Å²) in [6.45, 7) is -0.000882. The molecule has 0 unspecified atom stereocenters. The quantitative estimate of drug-likeness (QED) is 0.719. The van der Waals surface area contributed by atoms with Crippen LogP contribution in [0, 0.1) is 0 Å². The normalized spacial score (nSPS) is 17.7. The highest BCUT2D eigenvalue weighted by atomic mass is 16.5. The van der Waals surface area contributed by atoms with Crippen LogP contribution in [0.1, 0.15) is 30.9 Å². The van der Waals surface area contributed by atoms with E-state index < -0.39 is 0 Å². The number of hydrogen-bond acceptors (Lipinski definition) is 6. The Labute approximate surface area is 103 Å². The van der Waals surface area contributed by atoms with Crippen molar-refractivity contribution in [1.29, 1.82) is 0 Å². The van der Waals surface area contributed by atoms with E-state index in [1.165, 1.54) is 0 Å². The van der Waals surface area contributed by atoms with Crippen LogP contribution in [0.5, 0.6) is 0 Å². The van der Waals surface area contributed by atoms with Crippen molar-refractivity contribution in [2.75, 3.05) is 6.61 Å². The Balaban J connectivity index is 1.83. The van der Waals surface area contributed by atoms with Gasteiger partial charge in [0.15, 0.2) is 5.82 Å². The summed E-state index contributed by atoms with van der Waals surface area (Å²) in [5.74, 6) is 1.63. The average molecular weight is 249 g/mol. The zero-order valence-corrected chi connectivity index (χ0v) is 9.89. The minimum atomic E-state index is -0.327. The Hall–Kier alpha value is -1.73. The van der Waals surface area contributed by atoms with E-state index in [1.807, 2.05) is 0 Å². The molecule has 7 nitrogen and oxygen atoms in total. The van der Waals surface area contributed by atoms with E-state index in [-0.39, 0.29) is 12.1 Å². The summed E-state index contributed by atoms with van der Waals surface area (Å²) >= 11 is 0. The van der Waals surface area contributed by atoms with Gasteiger partial charge < -0.3 is 20.3 Å². The molecule has 7 heteroatoms. The van der Waals surface area contributed by atoms with Crippen molar-refractivity contribution < 1.29 is 9.63 Å². The number of aliphatic hydroxyl groups is 1. The van der Waals surface area contributed by atoms with Gasteiger partial charge in [-0.3, -0.25) is 0 Å². The summed E-state index contributed by atoms with van der Waals surface area (Å²) in [4.78, 5) is 11.6. The second-order valence-electron chi connectivity index (χ2n) is 4.64. The molecule has 1 aliphatic carbocycles.